The molecule has 0 saturated carbocycles. The molecule has 1 aliphatic rings. The van der Waals surface area contributed by atoms with Crippen LogP contribution in [0.4, 0.5) is 11.9 Å². The third-order valence-electron chi connectivity index (χ3n) is 2.84. The Hall–Kier alpha value is -1.63. The molecule has 1 saturated heterocycles. The van der Waals surface area contributed by atoms with Gasteiger partial charge in [-0.3, -0.25) is 0 Å². The zero-order valence-electron chi connectivity index (χ0n) is 11.7. The molecule has 1 aromatic heterocycles. The van der Waals surface area contributed by atoms with Crippen LogP contribution >= 0.6 is 0 Å². The van der Waals surface area contributed by atoms with Crippen LogP contribution in [0.2, 0.25) is 0 Å². The fraction of sp³-hybridized carbons (Fsp3) is 0.750. The highest BCUT2D eigenvalue weighted by Gasteiger charge is 2.22. The van der Waals surface area contributed by atoms with Crippen molar-refractivity contribution in [3.63, 3.8) is 0 Å². The van der Waals surface area contributed by atoms with Crippen LogP contribution in [-0.2, 0) is 4.74 Å². The first kappa shape index (κ1) is 13.8. The number of aromatic nitrogens is 3. The molecule has 0 radical (unpaired) electrons. The van der Waals surface area contributed by atoms with E-state index < -0.39 is 0 Å². The third-order valence-corrected chi connectivity index (χ3v) is 2.84. The molecular formula is C12H21N5O2. The number of ether oxygens (including phenoxy) is 2. The zero-order valence-corrected chi connectivity index (χ0v) is 11.7. The maximum Gasteiger partial charge on any atom is 0.323 e. The minimum atomic E-state index is 0.00253. The molecule has 0 aliphatic carbocycles. The summed E-state index contributed by atoms with van der Waals surface area (Å²) in [5.41, 5.74) is 5.71. The van der Waals surface area contributed by atoms with Gasteiger partial charge in [0, 0.05) is 13.1 Å². The molecule has 0 aromatic carbocycles. The lowest BCUT2D eigenvalue weighted by atomic mass is 10.2. The van der Waals surface area contributed by atoms with E-state index >= 15 is 0 Å². The summed E-state index contributed by atoms with van der Waals surface area (Å²) in [5.74, 6) is 0.741. The minimum absolute atomic E-state index is 0.00253. The van der Waals surface area contributed by atoms with E-state index in [1.807, 2.05) is 13.8 Å². The molecular weight excluding hydrogens is 246 g/mol. The monoisotopic (exact) mass is 267 g/mol. The Kier molecular flexibility index (Phi) is 4.36. The molecule has 7 heteroatoms. The number of hydrogen-bond donors (Lipinski definition) is 1. The number of hydrogen-bond acceptors (Lipinski definition) is 7. The van der Waals surface area contributed by atoms with Crippen molar-refractivity contribution in [2.24, 2.45) is 0 Å². The third kappa shape index (κ3) is 3.66. The van der Waals surface area contributed by atoms with Crippen LogP contribution in [0.1, 0.15) is 27.2 Å². The summed E-state index contributed by atoms with van der Waals surface area (Å²) in [6.07, 6.45) is 1.18. The lowest BCUT2D eigenvalue weighted by Gasteiger charge is -2.32. The smallest absolute Gasteiger partial charge is 0.323 e. The second kappa shape index (κ2) is 6.01. The molecule has 1 aliphatic heterocycles. The average Bonchev–Trinajstić information content (AvgIpc) is 2.37. The molecule has 7 nitrogen and oxygen atoms in total. The van der Waals surface area contributed by atoms with Gasteiger partial charge in [0.05, 0.1) is 18.8 Å². The Morgan fingerprint density at radius 3 is 2.89 bits per heavy atom. The normalized spacial score (nSPS) is 19.8. The van der Waals surface area contributed by atoms with Crippen LogP contribution in [0.3, 0.4) is 0 Å². The van der Waals surface area contributed by atoms with Crippen molar-refractivity contribution in [3.8, 4) is 6.01 Å². The maximum atomic E-state index is 5.71. The Labute approximate surface area is 113 Å². The first-order valence-electron chi connectivity index (χ1n) is 6.63. The molecule has 1 atom stereocenters. The first-order valence-corrected chi connectivity index (χ1v) is 6.63. The van der Waals surface area contributed by atoms with Gasteiger partial charge in [0.1, 0.15) is 0 Å². The van der Waals surface area contributed by atoms with Crippen LogP contribution in [0.15, 0.2) is 0 Å². The van der Waals surface area contributed by atoms with E-state index in [0.29, 0.717) is 12.6 Å². The predicted molar refractivity (Wildman–Crippen MR) is 72.2 cm³/mol. The predicted octanol–water partition coefficient (Wildman–Crippen LogP) is 0.856. The molecule has 1 fully saturated rings. The molecule has 1 aromatic rings. The summed E-state index contributed by atoms with van der Waals surface area (Å²) in [5, 5.41) is 0. The molecule has 1 unspecified atom stereocenters. The second-order valence-electron chi connectivity index (χ2n) is 4.79. The molecule has 0 bridgehead atoms. The van der Waals surface area contributed by atoms with Gasteiger partial charge in [-0.15, -0.1) is 0 Å². The Morgan fingerprint density at radius 1 is 1.42 bits per heavy atom. The van der Waals surface area contributed by atoms with Crippen molar-refractivity contribution >= 4 is 11.9 Å². The summed E-state index contributed by atoms with van der Waals surface area (Å²) < 4.78 is 11.1. The Balaban J connectivity index is 2.16. The highest BCUT2D eigenvalue weighted by Crippen LogP contribution is 2.18. The minimum Gasteiger partial charge on any atom is -0.461 e. The Morgan fingerprint density at radius 2 is 2.21 bits per heavy atom. The molecule has 2 heterocycles. The van der Waals surface area contributed by atoms with E-state index in [4.69, 9.17) is 15.2 Å². The molecule has 2 N–H and O–H groups in total. The van der Waals surface area contributed by atoms with Gasteiger partial charge in [-0.25, -0.2) is 0 Å². The van der Waals surface area contributed by atoms with Gasteiger partial charge >= 0.3 is 6.01 Å². The van der Waals surface area contributed by atoms with Crippen molar-refractivity contribution in [2.75, 3.05) is 30.3 Å². The summed E-state index contributed by atoms with van der Waals surface area (Å²) in [6.45, 7) is 8.12. The highest BCUT2D eigenvalue weighted by molar-refractivity contribution is 5.36. The van der Waals surface area contributed by atoms with Gasteiger partial charge in [0.25, 0.3) is 0 Å². The Bertz CT molecular complexity index is 427. The SMILES string of the molecule is CCC1CN(c2nc(N)nc(OC(C)C)n2)CCO1. The largest absolute Gasteiger partial charge is 0.461 e. The van der Waals surface area contributed by atoms with Crippen LogP contribution in [-0.4, -0.2) is 46.9 Å². The topological polar surface area (TPSA) is 86.4 Å². The number of nitrogens with zero attached hydrogens (tertiary/aromatic N) is 4. The lowest BCUT2D eigenvalue weighted by molar-refractivity contribution is 0.0378. The van der Waals surface area contributed by atoms with Crippen molar-refractivity contribution < 1.29 is 9.47 Å². The van der Waals surface area contributed by atoms with E-state index in [9.17, 15) is 0 Å². The van der Waals surface area contributed by atoms with Crippen molar-refractivity contribution in [2.45, 2.75) is 39.4 Å². The second-order valence-corrected chi connectivity index (χ2v) is 4.79. The van der Waals surface area contributed by atoms with Gasteiger partial charge in [0.2, 0.25) is 11.9 Å². The van der Waals surface area contributed by atoms with Crippen LogP contribution < -0.4 is 15.4 Å². The number of rotatable bonds is 4. The van der Waals surface area contributed by atoms with Crippen LogP contribution in [0, 0.1) is 0 Å². The molecule has 106 valence electrons. The fourth-order valence-electron chi connectivity index (χ4n) is 1.91. The molecule has 0 spiro atoms. The molecule has 0 amide bonds. The fourth-order valence-corrected chi connectivity index (χ4v) is 1.91. The summed E-state index contributed by atoms with van der Waals surface area (Å²) in [6, 6.07) is 0.275. The van der Waals surface area contributed by atoms with Crippen LogP contribution in [0.25, 0.3) is 0 Å². The van der Waals surface area contributed by atoms with Gasteiger partial charge in [-0.05, 0) is 20.3 Å². The summed E-state index contributed by atoms with van der Waals surface area (Å²) in [7, 11) is 0. The van der Waals surface area contributed by atoms with E-state index in [1.54, 1.807) is 0 Å². The quantitative estimate of drug-likeness (QED) is 0.865. The van der Waals surface area contributed by atoms with Gasteiger partial charge in [0.15, 0.2) is 0 Å². The molecule has 2 rings (SSSR count). The van der Waals surface area contributed by atoms with E-state index in [-0.39, 0.29) is 24.2 Å². The first-order chi connectivity index (χ1) is 9.08. The van der Waals surface area contributed by atoms with E-state index in [0.717, 1.165) is 19.5 Å². The number of nitrogen functional groups attached to an aromatic ring is 1. The number of anilines is 2. The maximum absolute atomic E-state index is 5.71. The van der Waals surface area contributed by atoms with Crippen molar-refractivity contribution in [1.29, 1.82) is 0 Å². The van der Waals surface area contributed by atoms with E-state index in [1.165, 1.54) is 0 Å². The highest BCUT2D eigenvalue weighted by atomic mass is 16.5. The van der Waals surface area contributed by atoms with E-state index in [2.05, 4.69) is 26.8 Å². The van der Waals surface area contributed by atoms with Crippen molar-refractivity contribution in [1.82, 2.24) is 15.0 Å². The van der Waals surface area contributed by atoms with Gasteiger partial charge < -0.3 is 20.1 Å². The standard InChI is InChI=1S/C12H21N5O2/c1-4-9-7-17(5-6-18-9)11-14-10(13)15-12(16-11)19-8(2)3/h8-9H,4-7H2,1-3H3,(H2,13,14,15,16). The van der Waals surface area contributed by atoms with Crippen molar-refractivity contribution in [3.05, 3.63) is 0 Å². The van der Waals surface area contributed by atoms with Gasteiger partial charge in [-0.2, -0.15) is 15.0 Å². The number of morpholine rings is 1. The summed E-state index contributed by atoms with van der Waals surface area (Å²) in [4.78, 5) is 14.5. The number of nitrogens with two attached hydrogens (primary N) is 1. The average molecular weight is 267 g/mol. The zero-order chi connectivity index (χ0) is 13.8. The summed E-state index contributed by atoms with van der Waals surface area (Å²) >= 11 is 0. The van der Waals surface area contributed by atoms with Gasteiger partial charge in [-0.1, -0.05) is 6.92 Å². The lowest BCUT2D eigenvalue weighted by Crippen LogP contribution is -2.43. The molecule has 19 heavy (non-hydrogen) atoms. The van der Waals surface area contributed by atoms with Crippen LogP contribution in [0.5, 0.6) is 6.01 Å².